The minimum absolute atomic E-state index is 0.0541. The zero-order valence-corrected chi connectivity index (χ0v) is 23.9. The molecular weight excluding hydrogens is 563 g/mol. The van der Waals surface area contributed by atoms with Gasteiger partial charge in [0.25, 0.3) is 17.7 Å². The van der Waals surface area contributed by atoms with Crippen molar-refractivity contribution in [2.24, 2.45) is 5.41 Å². The van der Waals surface area contributed by atoms with Crippen LogP contribution in [0, 0.1) is 11.2 Å². The highest BCUT2D eigenvalue weighted by Gasteiger charge is 2.55. The smallest absolute Gasteiger partial charge is 0.282 e. The summed E-state index contributed by atoms with van der Waals surface area (Å²) in [6.45, 7) is 6.47. The average Bonchev–Trinajstić information content (AvgIpc) is 3.39. The van der Waals surface area contributed by atoms with E-state index in [2.05, 4.69) is 25.5 Å². The Morgan fingerprint density at radius 3 is 2.63 bits per heavy atom. The van der Waals surface area contributed by atoms with Gasteiger partial charge in [-0.2, -0.15) is 0 Å². The number of pyridine rings is 1. The lowest BCUT2D eigenvalue weighted by molar-refractivity contribution is -0.120. The molecule has 43 heavy (non-hydrogen) atoms. The predicted molar refractivity (Wildman–Crippen MR) is 149 cm³/mol. The number of benzene rings is 1. The fourth-order valence-corrected chi connectivity index (χ4v) is 6.81. The first kappa shape index (κ1) is 27.8. The van der Waals surface area contributed by atoms with E-state index in [1.165, 1.54) is 23.4 Å². The Morgan fingerprint density at radius 2 is 1.88 bits per heavy atom. The molecular formula is C30H32F3N7O3. The first-order valence-electron chi connectivity index (χ1n) is 14.5. The summed E-state index contributed by atoms with van der Waals surface area (Å²) in [5.74, 6) is -2.54. The fourth-order valence-electron chi connectivity index (χ4n) is 6.81. The lowest BCUT2D eigenvalue weighted by atomic mass is 9.61. The summed E-state index contributed by atoms with van der Waals surface area (Å²) in [4.78, 5) is 25.8. The molecule has 1 saturated heterocycles. The molecule has 1 N–H and O–H groups in total. The lowest BCUT2D eigenvalue weighted by Gasteiger charge is -2.58. The molecule has 2 aromatic heterocycles. The summed E-state index contributed by atoms with van der Waals surface area (Å²) in [6.07, 6.45) is 4.20. The van der Waals surface area contributed by atoms with E-state index in [4.69, 9.17) is 9.47 Å². The summed E-state index contributed by atoms with van der Waals surface area (Å²) in [6, 6.07) is 4.49. The quantitative estimate of drug-likeness (QED) is 0.403. The van der Waals surface area contributed by atoms with Gasteiger partial charge in [-0.1, -0.05) is 0 Å². The summed E-state index contributed by atoms with van der Waals surface area (Å²) in [5.41, 5.74) is 2.20. The van der Waals surface area contributed by atoms with Gasteiger partial charge in [0.2, 0.25) is 0 Å². The summed E-state index contributed by atoms with van der Waals surface area (Å²) in [7, 11) is 0. The number of carbonyl (C=O) groups excluding carboxylic acids is 1. The van der Waals surface area contributed by atoms with Crippen LogP contribution in [0.25, 0.3) is 0 Å². The van der Waals surface area contributed by atoms with Crippen molar-refractivity contribution in [2.75, 3.05) is 18.0 Å². The summed E-state index contributed by atoms with van der Waals surface area (Å²) >= 11 is 0. The number of alkyl halides is 2. The Balaban J connectivity index is 1.04. The zero-order valence-electron chi connectivity index (χ0n) is 23.9. The van der Waals surface area contributed by atoms with Gasteiger partial charge in [0, 0.05) is 68.3 Å². The Hall–Kier alpha value is -4.00. The number of carbonyl (C=O) groups is 1. The number of amides is 1. The monoisotopic (exact) mass is 595 g/mol. The number of fused-ring (bicyclic) bond motifs is 1. The number of ether oxygens (including phenoxy) is 2. The maximum atomic E-state index is 14.4. The van der Waals surface area contributed by atoms with Crippen LogP contribution in [-0.4, -0.2) is 68.2 Å². The fraction of sp³-hybridized carbons (Fsp3) is 0.500. The first-order chi connectivity index (χ1) is 20.6. The largest absolute Gasteiger partial charge is 0.490 e. The third-order valence-electron chi connectivity index (χ3n) is 8.87. The van der Waals surface area contributed by atoms with E-state index in [1.807, 2.05) is 11.0 Å². The van der Waals surface area contributed by atoms with Gasteiger partial charge < -0.3 is 24.6 Å². The molecule has 1 spiro atoms. The van der Waals surface area contributed by atoms with Gasteiger partial charge >= 0.3 is 0 Å². The molecule has 3 aromatic rings. The summed E-state index contributed by atoms with van der Waals surface area (Å²) < 4.78 is 54.1. The molecule has 226 valence electrons. The Bertz CT molecular complexity index is 1550. The van der Waals surface area contributed by atoms with E-state index in [0.29, 0.717) is 5.82 Å². The maximum absolute atomic E-state index is 14.4. The van der Waals surface area contributed by atoms with E-state index < -0.39 is 36.5 Å². The lowest BCUT2D eigenvalue weighted by Crippen LogP contribution is -2.65. The van der Waals surface area contributed by atoms with Gasteiger partial charge in [-0.3, -0.25) is 9.78 Å². The van der Waals surface area contributed by atoms with Crippen molar-refractivity contribution in [2.45, 2.75) is 76.7 Å². The molecule has 2 aliphatic heterocycles. The van der Waals surface area contributed by atoms with E-state index >= 15 is 0 Å². The van der Waals surface area contributed by atoms with Crippen LogP contribution in [0.2, 0.25) is 0 Å². The van der Waals surface area contributed by atoms with Crippen LogP contribution in [0.15, 0.2) is 36.8 Å². The normalized spacial score (nSPS) is 20.3. The van der Waals surface area contributed by atoms with Gasteiger partial charge in [0.05, 0.1) is 11.3 Å². The number of rotatable bonds is 8. The van der Waals surface area contributed by atoms with Crippen LogP contribution in [0.1, 0.15) is 61.1 Å². The van der Waals surface area contributed by atoms with Crippen LogP contribution >= 0.6 is 0 Å². The van der Waals surface area contributed by atoms with E-state index in [1.54, 1.807) is 20.0 Å². The zero-order chi connectivity index (χ0) is 29.9. The second kappa shape index (κ2) is 10.3. The Morgan fingerprint density at radius 1 is 1.09 bits per heavy atom. The van der Waals surface area contributed by atoms with Crippen molar-refractivity contribution in [3.63, 3.8) is 0 Å². The van der Waals surface area contributed by atoms with E-state index in [-0.39, 0.29) is 34.8 Å². The Kier molecular flexibility index (Phi) is 6.67. The second-order valence-corrected chi connectivity index (χ2v) is 12.4. The highest BCUT2D eigenvalue weighted by Crippen LogP contribution is 2.52. The van der Waals surface area contributed by atoms with E-state index in [9.17, 15) is 18.0 Å². The van der Waals surface area contributed by atoms with Crippen molar-refractivity contribution in [1.82, 2.24) is 30.4 Å². The minimum Gasteiger partial charge on any atom is -0.490 e. The van der Waals surface area contributed by atoms with Crippen molar-refractivity contribution in [3.8, 4) is 17.4 Å². The van der Waals surface area contributed by atoms with Crippen molar-refractivity contribution < 1.29 is 27.4 Å². The molecule has 3 fully saturated rings. The molecule has 2 saturated carbocycles. The molecule has 4 heterocycles. The predicted octanol–water partition coefficient (Wildman–Crippen LogP) is 4.50. The first-order valence-corrected chi connectivity index (χ1v) is 14.5. The molecule has 0 bridgehead atoms. The maximum Gasteiger partial charge on any atom is 0.282 e. The molecule has 7 rings (SSSR count). The topological polar surface area (TPSA) is 106 Å². The Labute approximate surface area is 246 Å². The van der Waals surface area contributed by atoms with Gasteiger partial charge in [0.1, 0.15) is 29.7 Å². The standard InChI is InChI=1S/C30H32F3N7O3/c1-17(2)40(19-8-30(32,33)9-19)28(41)21-7-18(31)3-4-24(21)43-27-26(36-16-37-38-27)39-14-29(15-39)10-20(11-29)42-25-5-6-35-23-13-34-12-22(23)25/h3-7,16-17,19-20,34H,8-15H2,1-2H3. The van der Waals surface area contributed by atoms with Crippen LogP contribution in [0.5, 0.6) is 17.4 Å². The van der Waals surface area contributed by atoms with Crippen LogP contribution < -0.4 is 19.7 Å². The third kappa shape index (κ3) is 5.13. The minimum atomic E-state index is -2.81. The molecule has 13 heteroatoms. The molecule has 2 aliphatic carbocycles. The number of anilines is 1. The van der Waals surface area contributed by atoms with Crippen molar-refractivity contribution >= 4 is 11.7 Å². The van der Waals surface area contributed by atoms with Crippen LogP contribution in [0.4, 0.5) is 19.0 Å². The van der Waals surface area contributed by atoms with Gasteiger partial charge in [-0.05, 0) is 51.0 Å². The average molecular weight is 596 g/mol. The van der Waals surface area contributed by atoms with E-state index in [0.717, 1.165) is 62.1 Å². The molecule has 0 unspecified atom stereocenters. The second-order valence-electron chi connectivity index (χ2n) is 12.4. The van der Waals surface area contributed by atoms with Crippen LogP contribution in [0.3, 0.4) is 0 Å². The third-order valence-corrected chi connectivity index (χ3v) is 8.87. The van der Waals surface area contributed by atoms with Gasteiger partial charge in [-0.25, -0.2) is 18.2 Å². The highest BCUT2D eigenvalue weighted by atomic mass is 19.3. The number of hydrogen-bond donors (Lipinski definition) is 1. The number of halogens is 3. The van der Waals surface area contributed by atoms with Crippen molar-refractivity contribution in [1.29, 1.82) is 0 Å². The molecule has 0 atom stereocenters. The van der Waals surface area contributed by atoms with Crippen LogP contribution in [-0.2, 0) is 13.1 Å². The number of hydrogen-bond acceptors (Lipinski definition) is 9. The number of nitrogens with zero attached hydrogens (tertiary/aromatic N) is 6. The molecule has 10 nitrogen and oxygen atoms in total. The number of aromatic nitrogens is 4. The SMILES string of the molecule is CC(C)N(C(=O)c1cc(F)ccc1Oc1nncnc1N1CC2(CC(Oc3ccnc4c3CNC4)C2)C1)C1CC(F)(F)C1. The van der Waals surface area contributed by atoms with Gasteiger partial charge in [0.15, 0.2) is 5.82 Å². The number of nitrogens with one attached hydrogen (secondary N) is 1. The highest BCUT2D eigenvalue weighted by molar-refractivity contribution is 5.97. The van der Waals surface area contributed by atoms with Gasteiger partial charge in [-0.15, -0.1) is 10.2 Å². The molecule has 1 aromatic carbocycles. The summed E-state index contributed by atoms with van der Waals surface area (Å²) in [5, 5.41) is 11.3. The van der Waals surface area contributed by atoms with Crippen molar-refractivity contribution in [3.05, 3.63) is 59.4 Å². The molecule has 4 aliphatic rings. The molecule has 1 amide bonds. The molecule has 0 radical (unpaired) electrons.